The van der Waals surface area contributed by atoms with Crippen molar-refractivity contribution in [2.45, 2.75) is 45.6 Å². The molecular formula is C15H24FNO. The Morgan fingerprint density at radius 3 is 2.61 bits per heavy atom. The summed E-state index contributed by atoms with van der Waals surface area (Å²) in [6.07, 6.45) is 5.91. The van der Waals surface area contributed by atoms with Crippen LogP contribution in [0.5, 0.6) is 5.75 Å². The highest BCUT2D eigenvalue weighted by Gasteiger charge is 2.04. The molecule has 0 heterocycles. The van der Waals surface area contributed by atoms with Gasteiger partial charge in [-0.05, 0) is 31.2 Å². The maximum absolute atomic E-state index is 13.7. The largest absolute Gasteiger partial charge is 0.491 e. The van der Waals surface area contributed by atoms with E-state index in [0.717, 1.165) is 18.4 Å². The van der Waals surface area contributed by atoms with Gasteiger partial charge in [0.05, 0.1) is 6.61 Å². The lowest BCUT2D eigenvalue weighted by atomic mass is 10.2. The third kappa shape index (κ3) is 5.50. The fourth-order valence-electron chi connectivity index (χ4n) is 1.86. The Balaban J connectivity index is 2.29. The third-order valence-electron chi connectivity index (χ3n) is 2.88. The number of hydrogen-bond acceptors (Lipinski definition) is 2. The summed E-state index contributed by atoms with van der Waals surface area (Å²) in [7, 11) is 1.85. The molecule has 0 unspecified atom stereocenters. The summed E-state index contributed by atoms with van der Waals surface area (Å²) in [6.45, 7) is 3.47. The maximum atomic E-state index is 13.7. The topological polar surface area (TPSA) is 21.3 Å². The molecule has 0 saturated heterocycles. The lowest BCUT2D eigenvalue weighted by Gasteiger charge is -2.08. The van der Waals surface area contributed by atoms with Crippen molar-refractivity contribution >= 4 is 0 Å². The van der Waals surface area contributed by atoms with Crippen LogP contribution in [0.1, 0.15) is 44.6 Å². The lowest BCUT2D eigenvalue weighted by Crippen LogP contribution is -2.06. The molecule has 0 aromatic heterocycles. The molecule has 0 saturated carbocycles. The second-order valence-electron chi connectivity index (χ2n) is 4.56. The first kappa shape index (κ1) is 15.0. The van der Waals surface area contributed by atoms with E-state index in [2.05, 4.69) is 12.2 Å². The molecule has 1 rings (SSSR count). The molecule has 1 N–H and O–H groups in total. The number of unbranched alkanes of at least 4 members (excludes halogenated alkanes) is 4. The van der Waals surface area contributed by atoms with Crippen molar-refractivity contribution in [2.75, 3.05) is 13.7 Å². The SMILES string of the molecule is CCCCCCCOc1ccc(CNC)cc1F. The Kier molecular flexibility index (Phi) is 7.42. The zero-order valence-electron chi connectivity index (χ0n) is 11.5. The Hall–Kier alpha value is -1.09. The van der Waals surface area contributed by atoms with E-state index in [1.54, 1.807) is 6.07 Å². The monoisotopic (exact) mass is 253 g/mol. The summed E-state index contributed by atoms with van der Waals surface area (Å²) in [5.41, 5.74) is 0.935. The van der Waals surface area contributed by atoms with Crippen LogP contribution < -0.4 is 10.1 Å². The fraction of sp³-hybridized carbons (Fsp3) is 0.600. The minimum atomic E-state index is -0.267. The summed E-state index contributed by atoms with van der Waals surface area (Å²) in [4.78, 5) is 0. The lowest BCUT2D eigenvalue weighted by molar-refractivity contribution is 0.290. The van der Waals surface area contributed by atoms with Crippen molar-refractivity contribution in [2.24, 2.45) is 0 Å². The minimum absolute atomic E-state index is 0.267. The molecule has 2 nitrogen and oxygen atoms in total. The van der Waals surface area contributed by atoms with E-state index in [9.17, 15) is 4.39 Å². The molecule has 3 heteroatoms. The summed E-state index contributed by atoms with van der Waals surface area (Å²) in [5, 5.41) is 3.00. The fourth-order valence-corrected chi connectivity index (χ4v) is 1.86. The molecule has 1 aromatic rings. The zero-order chi connectivity index (χ0) is 13.2. The molecular weight excluding hydrogens is 229 g/mol. The molecule has 102 valence electrons. The quantitative estimate of drug-likeness (QED) is 0.674. The van der Waals surface area contributed by atoms with Crippen molar-refractivity contribution in [3.05, 3.63) is 29.6 Å². The van der Waals surface area contributed by atoms with Crippen LogP contribution in [0, 0.1) is 5.82 Å². The molecule has 0 aliphatic carbocycles. The van der Waals surface area contributed by atoms with Gasteiger partial charge >= 0.3 is 0 Å². The van der Waals surface area contributed by atoms with Crippen LogP contribution in [-0.2, 0) is 6.54 Å². The van der Waals surface area contributed by atoms with E-state index in [4.69, 9.17) is 4.74 Å². The van der Waals surface area contributed by atoms with E-state index in [-0.39, 0.29) is 5.82 Å². The summed E-state index contributed by atoms with van der Waals surface area (Å²) in [5.74, 6) is 0.0988. The van der Waals surface area contributed by atoms with Crippen LogP contribution in [0.4, 0.5) is 4.39 Å². The van der Waals surface area contributed by atoms with Gasteiger partial charge in [0.1, 0.15) is 0 Å². The van der Waals surface area contributed by atoms with Gasteiger partial charge in [-0.2, -0.15) is 0 Å². The molecule has 0 aliphatic heterocycles. The molecule has 0 radical (unpaired) electrons. The highest BCUT2D eigenvalue weighted by atomic mass is 19.1. The first-order valence-corrected chi connectivity index (χ1v) is 6.83. The van der Waals surface area contributed by atoms with Crippen LogP contribution in [0.3, 0.4) is 0 Å². The maximum Gasteiger partial charge on any atom is 0.165 e. The second-order valence-corrected chi connectivity index (χ2v) is 4.56. The predicted molar refractivity (Wildman–Crippen MR) is 73.4 cm³/mol. The van der Waals surface area contributed by atoms with Gasteiger partial charge in [0.25, 0.3) is 0 Å². The van der Waals surface area contributed by atoms with Gasteiger partial charge in [-0.15, -0.1) is 0 Å². The number of rotatable bonds is 9. The molecule has 0 atom stereocenters. The van der Waals surface area contributed by atoms with Crippen LogP contribution in [-0.4, -0.2) is 13.7 Å². The van der Waals surface area contributed by atoms with Gasteiger partial charge < -0.3 is 10.1 Å². The van der Waals surface area contributed by atoms with Gasteiger partial charge in [-0.3, -0.25) is 0 Å². The van der Waals surface area contributed by atoms with Gasteiger partial charge in [0, 0.05) is 6.54 Å². The highest BCUT2D eigenvalue weighted by molar-refractivity contribution is 5.29. The first-order valence-electron chi connectivity index (χ1n) is 6.83. The first-order chi connectivity index (χ1) is 8.77. The van der Waals surface area contributed by atoms with Crippen molar-refractivity contribution in [1.29, 1.82) is 0 Å². The van der Waals surface area contributed by atoms with Crippen LogP contribution >= 0.6 is 0 Å². The molecule has 0 fully saturated rings. The smallest absolute Gasteiger partial charge is 0.165 e. The van der Waals surface area contributed by atoms with E-state index in [1.807, 2.05) is 13.1 Å². The van der Waals surface area contributed by atoms with Crippen LogP contribution in [0.2, 0.25) is 0 Å². The number of benzene rings is 1. The third-order valence-corrected chi connectivity index (χ3v) is 2.88. The van der Waals surface area contributed by atoms with Gasteiger partial charge in [-0.25, -0.2) is 4.39 Å². The van der Waals surface area contributed by atoms with E-state index < -0.39 is 0 Å². The van der Waals surface area contributed by atoms with Crippen molar-refractivity contribution in [3.8, 4) is 5.75 Å². The van der Waals surface area contributed by atoms with Crippen LogP contribution in [0.15, 0.2) is 18.2 Å². The Labute approximate surface area is 110 Å². The summed E-state index contributed by atoms with van der Waals surface area (Å²) in [6, 6.07) is 5.14. The average molecular weight is 253 g/mol. The average Bonchev–Trinajstić information content (AvgIpc) is 2.36. The predicted octanol–water partition coefficient (Wildman–Crippen LogP) is 3.89. The molecule has 0 spiro atoms. The van der Waals surface area contributed by atoms with Gasteiger partial charge in [0.15, 0.2) is 11.6 Å². The molecule has 18 heavy (non-hydrogen) atoms. The van der Waals surface area contributed by atoms with Crippen LogP contribution in [0.25, 0.3) is 0 Å². The minimum Gasteiger partial charge on any atom is -0.491 e. The summed E-state index contributed by atoms with van der Waals surface area (Å²) >= 11 is 0. The van der Waals surface area contributed by atoms with Crippen molar-refractivity contribution in [1.82, 2.24) is 5.32 Å². The number of halogens is 1. The van der Waals surface area contributed by atoms with E-state index in [0.29, 0.717) is 18.9 Å². The van der Waals surface area contributed by atoms with E-state index in [1.165, 1.54) is 25.3 Å². The van der Waals surface area contributed by atoms with Gasteiger partial charge in [0.2, 0.25) is 0 Å². The molecule has 0 bridgehead atoms. The Morgan fingerprint density at radius 2 is 1.94 bits per heavy atom. The Bertz CT molecular complexity index is 341. The van der Waals surface area contributed by atoms with Crippen molar-refractivity contribution in [3.63, 3.8) is 0 Å². The Morgan fingerprint density at radius 1 is 1.17 bits per heavy atom. The number of hydrogen-bond donors (Lipinski definition) is 1. The number of nitrogens with one attached hydrogen (secondary N) is 1. The standard InChI is InChI=1S/C15H24FNO/c1-3-4-5-6-7-10-18-15-9-8-13(12-17-2)11-14(15)16/h8-9,11,17H,3-7,10,12H2,1-2H3. The van der Waals surface area contributed by atoms with E-state index >= 15 is 0 Å². The van der Waals surface area contributed by atoms with Gasteiger partial charge in [-0.1, -0.05) is 38.7 Å². The van der Waals surface area contributed by atoms with Crippen molar-refractivity contribution < 1.29 is 9.13 Å². The molecule has 0 amide bonds. The summed E-state index contributed by atoms with van der Waals surface area (Å²) < 4.78 is 19.1. The normalized spacial score (nSPS) is 10.6. The molecule has 0 aliphatic rings. The highest BCUT2D eigenvalue weighted by Crippen LogP contribution is 2.18. The second kappa shape index (κ2) is 8.92. The zero-order valence-corrected chi connectivity index (χ0v) is 11.5. The molecule has 1 aromatic carbocycles. The number of ether oxygens (including phenoxy) is 1.